The van der Waals surface area contributed by atoms with E-state index >= 15 is 0 Å². The predicted octanol–water partition coefficient (Wildman–Crippen LogP) is 2.83. The Hall–Kier alpha value is -2.14. The number of ether oxygens (including phenoxy) is 2. The number of halogens is 1. The molecule has 0 fully saturated rings. The Morgan fingerprint density at radius 1 is 1.30 bits per heavy atom. The van der Waals surface area contributed by atoms with Crippen molar-refractivity contribution in [2.75, 3.05) is 7.11 Å². The Kier molecular flexibility index (Phi) is 4.53. The molecule has 2 aromatic rings. The maximum atomic E-state index is 13.8. The van der Waals surface area contributed by atoms with E-state index in [0.717, 1.165) is 5.56 Å². The molecule has 1 atom stereocenters. The topological polar surface area (TPSA) is 57.4 Å². The molecule has 4 nitrogen and oxygen atoms in total. The zero-order chi connectivity index (χ0) is 14.5. The van der Waals surface area contributed by atoms with Crippen molar-refractivity contribution in [3.8, 4) is 11.6 Å². The van der Waals surface area contributed by atoms with Crippen LogP contribution in [-0.2, 0) is 6.61 Å². The largest absolute Gasteiger partial charge is 0.484 e. The van der Waals surface area contributed by atoms with Crippen LogP contribution < -0.4 is 15.2 Å². The van der Waals surface area contributed by atoms with Crippen LogP contribution in [0.15, 0.2) is 36.4 Å². The average molecular weight is 276 g/mol. The molecule has 2 N–H and O–H groups in total. The van der Waals surface area contributed by atoms with E-state index in [1.54, 1.807) is 44.4 Å². The van der Waals surface area contributed by atoms with E-state index < -0.39 is 5.82 Å². The van der Waals surface area contributed by atoms with Crippen molar-refractivity contribution in [2.45, 2.75) is 19.6 Å². The summed E-state index contributed by atoms with van der Waals surface area (Å²) in [5.41, 5.74) is 7.10. The van der Waals surface area contributed by atoms with Crippen LogP contribution >= 0.6 is 0 Å². The normalized spacial score (nSPS) is 12.0. The van der Waals surface area contributed by atoms with Crippen LogP contribution in [0.2, 0.25) is 0 Å². The van der Waals surface area contributed by atoms with Gasteiger partial charge in [0.2, 0.25) is 5.88 Å². The maximum absolute atomic E-state index is 13.8. The summed E-state index contributed by atoms with van der Waals surface area (Å²) >= 11 is 0. The highest BCUT2D eigenvalue weighted by Crippen LogP contribution is 2.22. The molecule has 0 bridgehead atoms. The molecular weight excluding hydrogens is 259 g/mol. The summed E-state index contributed by atoms with van der Waals surface area (Å²) in [7, 11) is 1.54. The maximum Gasteiger partial charge on any atom is 0.213 e. The lowest BCUT2D eigenvalue weighted by Crippen LogP contribution is -2.06. The Morgan fingerprint density at radius 3 is 2.75 bits per heavy atom. The van der Waals surface area contributed by atoms with Gasteiger partial charge in [-0.15, -0.1) is 0 Å². The lowest BCUT2D eigenvalue weighted by atomic mass is 10.1. The number of hydrogen-bond acceptors (Lipinski definition) is 4. The van der Waals surface area contributed by atoms with E-state index in [0.29, 0.717) is 11.6 Å². The summed E-state index contributed by atoms with van der Waals surface area (Å²) in [5.74, 6) is 0.251. The molecule has 0 aliphatic heterocycles. The zero-order valence-electron chi connectivity index (χ0n) is 11.5. The van der Waals surface area contributed by atoms with E-state index in [-0.39, 0.29) is 18.4 Å². The molecule has 0 unspecified atom stereocenters. The minimum absolute atomic E-state index is 0.172. The SMILES string of the molecule is COc1cccc(COc2ccc([C@H](C)N)cc2F)n1. The zero-order valence-corrected chi connectivity index (χ0v) is 11.5. The molecule has 5 heteroatoms. The van der Waals surface area contributed by atoms with Crippen molar-refractivity contribution in [2.24, 2.45) is 5.73 Å². The molecule has 0 saturated heterocycles. The van der Waals surface area contributed by atoms with Gasteiger partial charge in [0.05, 0.1) is 12.8 Å². The average Bonchev–Trinajstić information content (AvgIpc) is 2.46. The number of hydrogen-bond donors (Lipinski definition) is 1. The first kappa shape index (κ1) is 14.3. The highest BCUT2D eigenvalue weighted by atomic mass is 19.1. The second-order valence-electron chi connectivity index (χ2n) is 4.44. The summed E-state index contributed by atoms with van der Waals surface area (Å²) < 4.78 is 24.3. The number of nitrogens with two attached hydrogens (primary N) is 1. The van der Waals surface area contributed by atoms with Crippen molar-refractivity contribution < 1.29 is 13.9 Å². The second kappa shape index (κ2) is 6.34. The molecule has 1 aromatic heterocycles. The van der Waals surface area contributed by atoms with Gasteiger partial charge in [-0.1, -0.05) is 12.1 Å². The van der Waals surface area contributed by atoms with Gasteiger partial charge in [0.15, 0.2) is 11.6 Å². The summed E-state index contributed by atoms with van der Waals surface area (Å²) in [6.07, 6.45) is 0. The van der Waals surface area contributed by atoms with Crippen molar-refractivity contribution >= 4 is 0 Å². The smallest absolute Gasteiger partial charge is 0.213 e. The molecule has 0 aliphatic rings. The molecule has 1 aromatic carbocycles. The number of nitrogens with zero attached hydrogens (tertiary/aromatic N) is 1. The first-order valence-corrected chi connectivity index (χ1v) is 6.28. The summed E-state index contributed by atoms with van der Waals surface area (Å²) in [6, 6.07) is 9.84. The first-order chi connectivity index (χ1) is 9.60. The van der Waals surface area contributed by atoms with Gasteiger partial charge >= 0.3 is 0 Å². The second-order valence-corrected chi connectivity index (χ2v) is 4.44. The summed E-state index contributed by atoms with van der Waals surface area (Å²) in [6.45, 7) is 1.97. The van der Waals surface area contributed by atoms with Crippen LogP contribution in [0.1, 0.15) is 24.2 Å². The van der Waals surface area contributed by atoms with Gasteiger partial charge in [0, 0.05) is 12.1 Å². The predicted molar refractivity (Wildman–Crippen MR) is 74.1 cm³/mol. The van der Waals surface area contributed by atoms with Gasteiger partial charge in [-0.25, -0.2) is 9.37 Å². The third-order valence-electron chi connectivity index (χ3n) is 2.85. The molecule has 2 rings (SSSR count). The minimum Gasteiger partial charge on any atom is -0.484 e. The fourth-order valence-corrected chi connectivity index (χ4v) is 1.72. The quantitative estimate of drug-likeness (QED) is 0.912. The lowest BCUT2D eigenvalue weighted by Gasteiger charge is -2.10. The molecule has 0 aliphatic carbocycles. The van der Waals surface area contributed by atoms with Crippen LogP contribution in [0, 0.1) is 5.82 Å². The monoisotopic (exact) mass is 276 g/mol. The van der Waals surface area contributed by atoms with Gasteiger partial charge in [-0.05, 0) is 30.7 Å². The third-order valence-corrected chi connectivity index (χ3v) is 2.85. The minimum atomic E-state index is -0.428. The molecule has 0 amide bonds. The van der Waals surface area contributed by atoms with Gasteiger partial charge in [-0.2, -0.15) is 0 Å². The molecule has 0 radical (unpaired) electrons. The number of aromatic nitrogens is 1. The van der Waals surface area contributed by atoms with Gasteiger partial charge < -0.3 is 15.2 Å². The number of methoxy groups -OCH3 is 1. The fourth-order valence-electron chi connectivity index (χ4n) is 1.72. The highest BCUT2D eigenvalue weighted by molar-refractivity contribution is 5.31. The molecule has 1 heterocycles. The van der Waals surface area contributed by atoms with Gasteiger partial charge in [0.1, 0.15) is 6.61 Å². The van der Waals surface area contributed by atoms with E-state index in [2.05, 4.69) is 4.98 Å². The van der Waals surface area contributed by atoms with Crippen LogP contribution in [0.4, 0.5) is 4.39 Å². The van der Waals surface area contributed by atoms with E-state index in [1.807, 2.05) is 0 Å². The number of benzene rings is 1. The van der Waals surface area contributed by atoms with Crippen molar-refractivity contribution in [3.63, 3.8) is 0 Å². The molecule has 106 valence electrons. The molecular formula is C15H17FN2O2. The Balaban J connectivity index is 2.07. The van der Waals surface area contributed by atoms with Gasteiger partial charge in [0.25, 0.3) is 0 Å². The number of rotatable bonds is 5. The molecule has 0 spiro atoms. The molecule has 0 saturated carbocycles. The highest BCUT2D eigenvalue weighted by Gasteiger charge is 2.08. The Bertz CT molecular complexity index is 588. The van der Waals surface area contributed by atoms with Crippen molar-refractivity contribution in [1.82, 2.24) is 4.98 Å². The van der Waals surface area contributed by atoms with E-state index in [4.69, 9.17) is 15.2 Å². The lowest BCUT2D eigenvalue weighted by molar-refractivity contribution is 0.283. The first-order valence-electron chi connectivity index (χ1n) is 6.28. The van der Waals surface area contributed by atoms with E-state index in [1.165, 1.54) is 6.07 Å². The fraction of sp³-hybridized carbons (Fsp3) is 0.267. The summed E-state index contributed by atoms with van der Waals surface area (Å²) in [4.78, 5) is 4.19. The standard InChI is InChI=1S/C15H17FN2O2/c1-10(17)11-6-7-14(13(16)8-11)20-9-12-4-3-5-15(18-12)19-2/h3-8,10H,9,17H2,1-2H3/t10-/m0/s1. The number of pyridine rings is 1. The van der Waals surface area contributed by atoms with Crippen molar-refractivity contribution in [1.29, 1.82) is 0 Å². The van der Waals surface area contributed by atoms with Crippen LogP contribution in [0.3, 0.4) is 0 Å². The van der Waals surface area contributed by atoms with Gasteiger partial charge in [-0.3, -0.25) is 0 Å². The van der Waals surface area contributed by atoms with Crippen LogP contribution in [-0.4, -0.2) is 12.1 Å². The van der Waals surface area contributed by atoms with Crippen LogP contribution in [0.25, 0.3) is 0 Å². The third kappa shape index (κ3) is 3.45. The Morgan fingerprint density at radius 2 is 2.10 bits per heavy atom. The van der Waals surface area contributed by atoms with Crippen LogP contribution in [0.5, 0.6) is 11.6 Å². The Labute approximate surface area is 117 Å². The van der Waals surface area contributed by atoms with E-state index in [9.17, 15) is 4.39 Å². The van der Waals surface area contributed by atoms with Crippen molar-refractivity contribution in [3.05, 3.63) is 53.5 Å². The molecule has 20 heavy (non-hydrogen) atoms. The summed E-state index contributed by atoms with van der Waals surface area (Å²) in [5, 5.41) is 0.